The largest absolute Gasteiger partial charge is 0.489 e. The Morgan fingerprint density at radius 2 is 2.19 bits per heavy atom. The summed E-state index contributed by atoms with van der Waals surface area (Å²) < 4.78 is 18.6. The molecule has 0 atom stereocenters. The van der Waals surface area contributed by atoms with Gasteiger partial charge >= 0.3 is 0 Å². The first-order chi connectivity index (χ1) is 7.75. The van der Waals surface area contributed by atoms with Crippen molar-refractivity contribution in [2.45, 2.75) is 19.8 Å². The SMILES string of the molecule is CCCNCCCOc1c(F)cccc1Cl. The van der Waals surface area contributed by atoms with Crippen molar-refractivity contribution in [1.82, 2.24) is 5.32 Å². The first-order valence-corrected chi connectivity index (χ1v) is 5.91. The van der Waals surface area contributed by atoms with Crippen LogP contribution in [0.2, 0.25) is 5.02 Å². The second kappa shape index (κ2) is 7.47. The zero-order valence-corrected chi connectivity index (χ0v) is 10.2. The summed E-state index contributed by atoms with van der Waals surface area (Å²) in [4.78, 5) is 0. The minimum atomic E-state index is -0.408. The second-order valence-electron chi connectivity index (χ2n) is 3.50. The maximum absolute atomic E-state index is 13.3. The highest BCUT2D eigenvalue weighted by Crippen LogP contribution is 2.27. The molecule has 0 aromatic heterocycles. The number of para-hydroxylation sites is 1. The van der Waals surface area contributed by atoms with E-state index < -0.39 is 5.82 Å². The molecule has 90 valence electrons. The molecular formula is C12H17ClFNO. The summed E-state index contributed by atoms with van der Waals surface area (Å²) in [6.45, 7) is 4.46. The maximum Gasteiger partial charge on any atom is 0.173 e. The van der Waals surface area contributed by atoms with Crippen molar-refractivity contribution >= 4 is 11.6 Å². The molecule has 16 heavy (non-hydrogen) atoms. The molecule has 1 N–H and O–H groups in total. The molecule has 0 unspecified atom stereocenters. The predicted molar refractivity (Wildman–Crippen MR) is 64.7 cm³/mol. The van der Waals surface area contributed by atoms with Gasteiger partial charge in [0.25, 0.3) is 0 Å². The molecule has 2 nitrogen and oxygen atoms in total. The lowest BCUT2D eigenvalue weighted by Gasteiger charge is -2.09. The molecule has 0 amide bonds. The highest BCUT2D eigenvalue weighted by Gasteiger charge is 2.07. The Morgan fingerprint density at radius 1 is 1.38 bits per heavy atom. The van der Waals surface area contributed by atoms with Gasteiger partial charge in [-0.3, -0.25) is 0 Å². The van der Waals surface area contributed by atoms with Crippen molar-refractivity contribution in [2.24, 2.45) is 0 Å². The van der Waals surface area contributed by atoms with Crippen molar-refractivity contribution in [3.05, 3.63) is 29.0 Å². The maximum atomic E-state index is 13.3. The Balaban J connectivity index is 2.26. The van der Waals surface area contributed by atoms with Gasteiger partial charge < -0.3 is 10.1 Å². The summed E-state index contributed by atoms with van der Waals surface area (Å²) >= 11 is 5.81. The zero-order valence-electron chi connectivity index (χ0n) is 9.43. The molecule has 0 saturated heterocycles. The quantitative estimate of drug-likeness (QED) is 0.745. The number of benzene rings is 1. The van der Waals surface area contributed by atoms with Crippen LogP contribution in [0.5, 0.6) is 5.75 Å². The Kier molecular flexibility index (Phi) is 6.19. The minimum Gasteiger partial charge on any atom is -0.489 e. The van der Waals surface area contributed by atoms with Gasteiger partial charge in [0.2, 0.25) is 0 Å². The topological polar surface area (TPSA) is 21.3 Å². The van der Waals surface area contributed by atoms with Gasteiger partial charge in [0.1, 0.15) is 0 Å². The number of halogens is 2. The third kappa shape index (κ3) is 4.37. The second-order valence-corrected chi connectivity index (χ2v) is 3.91. The minimum absolute atomic E-state index is 0.152. The third-order valence-corrected chi connectivity index (χ3v) is 2.39. The van der Waals surface area contributed by atoms with Crippen LogP contribution in [0, 0.1) is 5.82 Å². The van der Waals surface area contributed by atoms with Crippen LogP contribution < -0.4 is 10.1 Å². The van der Waals surface area contributed by atoms with Crippen molar-refractivity contribution < 1.29 is 9.13 Å². The molecule has 1 rings (SSSR count). The molecule has 4 heteroatoms. The van der Waals surface area contributed by atoms with Crippen LogP contribution in [-0.4, -0.2) is 19.7 Å². The standard InChI is InChI=1S/C12H17ClFNO/c1-2-7-15-8-4-9-16-12-10(13)5-3-6-11(12)14/h3,5-6,15H,2,4,7-9H2,1H3. The lowest BCUT2D eigenvalue weighted by atomic mass is 10.3. The molecule has 0 saturated carbocycles. The first kappa shape index (κ1) is 13.3. The molecule has 0 spiro atoms. The monoisotopic (exact) mass is 245 g/mol. The van der Waals surface area contributed by atoms with E-state index >= 15 is 0 Å². The Hall–Kier alpha value is -0.800. The molecular weight excluding hydrogens is 229 g/mol. The van der Waals surface area contributed by atoms with Crippen molar-refractivity contribution in [3.8, 4) is 5.75 Å². The smallest absolute Gasteiger partial charge is 0.173 e. The lowest BCUT2D eigenvalue weighted by Crippen LogP contribution is -2.18. The zero-order chi connectivity index (χ0) is 11.8. The van der Waals surface area contributed by atoms with Crippen molar-refractivity contribution in [1.29, 1.82) is 0 Å². The molecule has 0 aliphatic carbocycles. The van der Waals surface area contributed by atoms with Crippen LogP contribution in [0.1, 0.15) is 19.8 Å². The highest BCUT2D eigenvalue weighted by molar-refractivity contribution is 6.32. The van der Waals surface area contributed by atoms with Gasteiger partial charge in [-0.1, -0.05) is 24.6 Å². The fourth-order valence-electron chi connectivity index (χ4n) is 1.29. The van der Waals surface area contributed by atoms with E-state index in [1.54, 1.807) is 12.1 Å². The molecule has 0 heterocycles. The summed E-state index contributed by atoms with van der Waals surface area (Å²) in [5.41, 5.74) is 0. The average molecular weight is 246 g/mol. The van der Waals surface area contributed by atoms with Gasteiger partial charge in [-0.25, -0.2) is 4.39 Å². The van der Waals surface area contributed by atoms with Crippen LogP contribution in [0.25, 0.3) is 0 Å². The van der Waals surface area contributed by atoms with Crippen LogP contribution in [-0.2, 0) is 0 Å². The summed E-state index contributed by atoms with van der Waals surface area (Å²) in [5, 5.41) is 3.56. The van der Waals surface area contributed by atoms with Crippen molar-refractivity contribution in [3.63, 3.8) is 0 Å². The number of rotatable bonds is 7. The summed E-state index contributed by atoms with van der Waals surface area (Å²) in [5.74, 6) is -0.256. The van der Waals surface area contributed by atoms with E-state index in [-0.39, 0.29) is 5.75 Å². The summed E-state index contributed by atoms with van der Waals surface area (Å²) in [6, 6.07) is 4.53. The molecule has 0 aliphatic heterocycles. The molecule has 1 aromatic carbocycles. The Bertz CT molecular complexity index is 300. The fourth-order valence-corrected chi connectivity index (χ4v) is 1.51. The van der Waals surface area contributed by atoms with E-state index in [1.807, 2.05) is 0 Å². The summed E-state index contributed by atoms with van der Waals surface area (Å²) in [7, 11) is 0. The van der Waals surface area contributed by atoms with Gasteiger partial charge in [0.05, 0.1) is 11.6 Å². The highest BCUT2D eigenvalue weighted by atomic mass is 35.5. The van der Waals surface area contributed by atoms with Gasteiger partial charge in [0.15, 0.2) is 11.6 Å². The number of ether oxygens (including phenoxy) is 1. The third-order valence-electron chi connectivity index (χ3n) is 2.09. The van der Waals surface area contributed by atoms with E-state index in [0.29, 0.717) is 11.6 Å². The van der Waals surface area contributed by atoms with Crippen LogP contribution in [0.4, 0.5) is 4.39 Å². The first-order valence-electron chi connectivity index (χ1n) is 5.53. The summed E-state index contributed by atoms with van der Waals surface area (Å²) in [6.07, 6.45) is 1.95. The molecule has 0 aliphatic rings. The normalized spacial score (nSPS) is 10.4. The Labute approximate surface area is 101 Å². The van der Waals surface area contributed by atoms with Crippen molar-refractivity contribution in [2.75, 3.05) is 19.7 Å². The molecule has 0 radical (unpaired) electrons. The molecule has 0 fully saturated rings. The van der Waals surface area contributed by atoms with Crippen LogP contribution in [0.15, 0.2) is 18.2 Å². The van der Waals surface area contributed by atoms with Gasteiger partial charge in [0, 0.05) is 0 Å². The average Bonchev–Trinajstić information content (AvgIpc) is 2.26. The van der Waals surface area contributed by atoms with E-state index in [4.69, 9.17) is 16.3 Å². The van der Waals surface area contributed by atoms with Crippen LogP contribution in [0.3, 0.4) is 0 Å². The molecule has 0 bridgehead atoms. The molecule has 1 aromatic rings. The number of hydrogen-bond acceptors (Lipinski definition) is 2. The Morgan fingerprint density at radius 3 is 2.88 bits per heavy atom. The van der Waals surface area contributed by atoms with E-state index in [1.165, 1.54) is 6.07 Å². The predicted octanol–water partition coefficient (Wildman–Crippen LogP) is 3.25. The van der Waals surface area contributed by atoms with Gasteiger partial charge in [-0.15, -0.1) is 0 Å². The number of nitrogens with one attached hydrogen (secondary N) is 1. The van der Waals surface area contributed by atoms with E-state index in [2.05, 4.69) is 12.2 Å². The van der Waals surface area contributed by atoms with E-state index in [9.17, 15) is 4.39 Å². The van der Waals surface area contributed by atoms with Crippen LogP contribution >= 0.6 is 11.6 Å². The van der Waals surface area contributed by atoms with E-state index in [0.717, 1.165) is 25.9 Å². The lowest BCUT2D eigenvalue weighted by molar-refractivity contribution is 0.293. The number of hydrogen-bond donors (Lipinski definition) is 1. The van der Waals surface area contributed by atoms with Gasteiger partial charge in [-0.2, -0.15) is 0 Å². The van der Waals surface area contributed by atoms with Gasteiger partial charge in [-0.05, 0) is 38.1 Å². The fraction of sp³-hybridized carbons (Fsp3) is 0.500.